The lowest BCUT2D eigenvalue weighted by atomic mass is 10.1. The van der Waals surface area contributed by atoms with Gasteiger partial charge in [0, 0.05) is 0 Å². The van der Waals surface area contributed by atoms with E-state index < -0.39 is 0 Å². The molecule has 88 valence electrons. The molecule has 1 aromatic rings. The quantitative estimate of drug-likeness (QED) is 0.359. The lowest BCUT2D eigenvalue weighted by Gasteiger charge is -2.12. The number of hydrogen-bond acceptors (Lipinski definition) is 3. The van der Waals surface area contributed by atoms with Gasteiger partial charge in [-0.05, 0) is 49.1 Å². The van der Waals surface area contributed by atoms with Crippen LogP contribution in [0.25, 0.3) is 0 Å². The maximum absolute atomic E-state index is 5.77. The summed E-state index contributed by atoms with van der Waals surface area (Å²) >= 11 is 0. The van der Waals surface area contributed by atoms with E-state index in [1.807, 2.05) is 26.0 Å². The smallest absolute Gasteiger partial charge is 0.125 e. The Morgan fingerprint density at radius 1 is 1.31 bits per heavy atom. The van der Waals surface area contributed by atoms with Gasteiger partial charge < -0.3 is 10.6 Å². The summed E-state index contributed by atoms with van der Waals surface area (Å²) < 4.78 is 5.77. The highest BCUT2D eigenvalue weighted by Gasteiger charge is 2.05. The van der Waals surface area contributed by atoms with Crippen molar-refractivity contribution in [3.8, 4) is 5.75 Å². The minimum Gasteiger partial charge on any atom is -0.493 e. The molecule has 0 unspecified atom stereocenters. The first kappa shape index (κ1) is 12.6. The third-order valence-corrected chi connectivity index (χ3v) is 2.45. The highest BCUT2D eigenvalue weighted by molar-refractivity contribution is 5.80. The van der Waals surface area contributed by atoms with Crippen molar-refractivity contribution in [1.29, 1.82) is 0 Å². The van der Waals surface area contributed by atoms with Crippen LogP contribution in [0, 0.1) is 13.8 Å². The average Bonchev–Trinajstić information content (AvgIpc) is 2.23. The summed E-state index contributed by atoms with van der Waals surface area (Å²) in [5, 5.41) is 3.53. The van der Waals surface area contributed by atoms with Gasteiger partial charge in [-0.25, -0.2) is 0 Å². The number of hydrogen-bond donors (Lipinski definition) is 1. The topological polar surface area (TPSA) is 47.6 Å². The van der Waals surface area contributed by atoms with Crippen LogP contribution in [-0.4, -0.2) is 12.8 Å². The zero-order valence-corrected chi connectivity index (χ0v) is 10.3. The van der Waals surface area contributed by atoms with Crippen molar-refractivity contribution in [3.63, 3.8) is 0 Å². The SMILES string of the molecule is CCCCOc1c(C)cc(C=NN)cc1C. The Bertz CT molecular complexity index is 349. The second-order valence-corrected chi connectivity index (χ2v) is 3.96. The summed E-state index contributed by atoms with van der Waals surface area (Å²) in [6.45, 7) is 7.02. The number of hydrazone groups is 1. The molecule has 0 bridgehead atoms. The van der Waals surface area contributed by atoms with Crippen molar-refractivity contribution in [1.82, 2.24) is 0 Å². The Morgan fingerprint density at radius 3 is 2.44 bits per heavy atom. The molecule has 0 aliphatic carbocycles. The zero-order chi connectivity index (χ0) is 12.0. The van der Waals surface area contributed by atoms with Gasteiger partial charge >= 0.3 is 0 Å². The Hall–Kier alpha value is -1.51. The predicted molar refractivity (Wildman–Crippen MR) is 68.1 cm³/mol. The van der Waals surface area contributed by atoms with E-state index in [2.05, 4.69) is 12.0 Å². The molecule has 0 heterocycles. The van der Waals surface area contributed by atoms with E-state index in [4.69, 9.17) is 10.6 Å². The monoisotopic (exact) mass is 220 g/mol. The van der Waals surface area contributed by atoms with Crippen molar-refractivity contribution in [2.45, 2.75) is 33.6 Å². The van der Waals surface area contributed by atoms with E-state index in [-0.39, 0.29) is 0 Å². The minimum absolute atomic E-state index is 0.780. The molecule has 0 aliphatic rings. The van der Waals surface area contributed by atoms with Crippen molar-refractivity contribution >= 4 is 6.21 Å². The maximum atomic E-state index is 5.77. The van der Waals surface area contributed by atoms with Crippen molar-refractivity contribution in [2.24, 2.45) is 10.9 Å². The second-order valence-electron chi connectivity index (χ2n) is 3.96. The molecular formula is C13H20N2O. The molecule has 3 nitrogen and oxygen atoms in total. The molecule has 0 aliphatic heterocycles. The Labute approximate surface area is 97.3 Å². The molecule has 0 saturated carbocycles. The van der Waals surface area contributed by atoms with Gasteiger partial charge in [0.2, 0.25) is 0 Å². The van der Waals surface area contributed by atoms with Crippen molar-refractivity contribution in [3.05, 3.63) is 28.8 Å². The van der Waals surface area contributed by atoms with Gasteiger partial charge in [0.25, 0.3) is 0 Å². The summed E-state index contributed by atoms with van der Waals surface area (Å²) in [4.78, 5) is 0. The largest absolute Gasteiger partial charge is 0.493 e. The van der Waals surface area contributed by atoms with Crippen molar-refractivity contribution in [2.75, 3.05) is 6.61 Å². The number of unbranched alkanes of at least 4 members (excludes halogenated alkanes) is 1. The highest BCUT2D eigenvalue weighted by Crippen LogP contribution is 2.24. The Kier molecular flexibility index (Phi) is 4.83. The standard InChI is InChI=1S/C13H20N2O/c1-4-5-6-16-13-10(2)7-12(9-15-14)8-11(13)3/h7-9H,4-6,14H2,1-3H3. The molecule has 2 N–H and O–H groups in total. The highest BCUT2D eigenvalue weighted by atomic mass is 16.5. The average molecular weight is 220 g/mol. The van der Waals surface area contributed by atoms with Crippen LogP contribution in [-0.2, 0) is 0 Å². The van der Waals surface area contributed by atoms with E-state index in [1.165, 1.54) is 0 Å². The van der Waals surface area contributed by atoms with Crippen LogP contribution >= 0.6 is 0 Å². The molecule has 1 rings (SSSR count). The van der Waals surface area contributed by atoms with Crippen LogP contribution < -0.4 is 10.6 Å². The number of ether oxygens (including phenoxy) is 1. The van der Waals surface area contributed by atoms with Gasteiger partial charge in [0.15, 0.2) is 0 Å². The van der Waals surface area contributed by atoms with Crippen LogP contribution in [0.3, 0.4) is 0 Å². The van der Waals surface area contributed by atoms with E-state index in [0.29, 0.717) is 0 Å². The van der Waals surface area contributed by atoms with Gasteiger partial charge in [-0.1, -0.05) is 13.3 Å². The Balaban J connectivity index is 2.85. The molecular weight excluding hydrogens is 200 g/mol. The normalized spacial score (nSPS) is 10.9. The zero-order valence-electron chi connectivity index (χ0n) is 10.3. The molecule has 0 saturated heterocycles. The Morgan fingerprint density at radius 2 is 1.94 bits per heavy atom. The third-order valence-electron chi connectivity index (χ3n) is 2.45. The summed E-state index contributed by atoms with van der Waals surface area (Å²) in [5.41, 5.74) is 3.28. The van der Waals surface area contributed by atoms with Crippen LogP contribution in [0.2, 0.25) is 0 Å². The third kappa shape index (κ3) is 3.26. The first-order valence-corrected chi connectivity index (χ1v) is 5.66. The first-order valence-electron chi connectivity index (χ1n) is 5.66. The van der Waals surface area contributed by atoms with Gasteiger partial charge in [0.05, 0.1) is 12.8 Å². The summed E-state index contributed by atoms with van der Waals surface area (Å²) in [5.74, 6) is 6.12. The summed E-state index contributed by atoms with van der Waals surface area (Å²) in [6, 6.07) is 4.06. The fourth-order valence-electron chi connectivity index (χ4n) is 1.69. The van der Waals surface area contributed by atoms with E-state index in [9.17, 15) is 0 Å². The predicted octanol–water partition coefficient (Wildman–Crippen LogP) is 2.77. The number of nitrogens with two attached hydrogens (primary N) is 1. The lowest BCUT2D eigenvalue weighted by Crippen LogP contribution is -2.01. The molecule has 0 fully saturated rings. The molecule has 0 spiro atoms. The summed E-state index contributed by atoms with van der Waals surface area (Å²) in [7, 11) is 0. The van der Waals surface area contributed by atoms with Crippen LogP contribution in [0.1, 0.15) is 36.5 Å². The van der Waals surface area contributed by atoms with Gasteiger partial charge in [-0.3, -0.25) is 0 Å². The van der Waals surface area contributed by atoms with Crippen LogP contribution in [0.15, 0.2) is 17.2 Å². The second kappa shape index (κ2) is 6.16. The number of nitrogens with zero attached hydrogens (tertiary/aromatic N) is 1. The number of benzene rings is 1. The molecule has 16 heavy (non-hydrogen) atoms. The van der Waals surface area contributed by atoms with E-state index in [1.54, 1.807) is 6.21 Å². The van der Waals surface area contributed by atoms with Gasteiger partial charge in [-0.2, -0.15) is 5.10 Å². The van der Waals surface area contributed by atoms with Crippen molar-refractivity contribution < 1.29 is 4.74 Å². The maximum Gasteiger partial charge on any atom is 0.125 e. The number of aryl methyl sites for hydroxylation is 2. The lowest BCUT2D eigenvalue weighted by molar-refractivity contribution is 0.305. The summed E-state index contributed by atoms with van der Waals surface area (Å²) in [6.07, 6.45) is 3.89. The molecule has 1 aromatic carbocycles. The van der Waals surface area contributed by atoms with Crippen LogP contribution in [0.4, 0.5) is 0 Å². The van der Waals surface area contributed by atoms with Gasteiger partial charge in [0.1, 0.15) is 5.75 Å². The molecule has 3 heteroatoms. The van der Waals surface area contributed by atoms with Crippen LogP contribution in [0.5, 0.6) is 5.75 Å². The first-order chi connectivity index (χ1) is 7.69. The minimum atomic E-state index is 0.780. The molecule has 0 radical (unpaired) electrons. The fourth-order valence-corrected chi connectivity index (χ4v) is 1.69. The molecule has 0 amide bonds. The number of rotatable bonds is 5. The molecule has 0 aromatic heterocycles. The molecule has 0 atom stereocenters. The van der Waals surface area contributed by atoms with E-state index in [0.717, 1.165) is 41.9 Å². The van der Waals surface area contributed by atoms with E-state index >= 15 is 0 Å². The fraction of sp³-hybridized carbons (Fsp3) is 0.462. The van der Waals surface area contributed by atoms with Gasteiger partial charge in [-0.15, -0.1) is 0 Å².